The average molecular weight is 518 g/mol. The number of nitrogens with zero attached hydrogens (tertiary/aromatic N) is 5. The topological polar surface area (TPSA) is 67.4 Å². The van der Waals surface area contributed by atoms with Crippen molar-refractivity contribution in [2.45, 2.75) is 13.1 Å². The highest BCUT2D eigenvalue weighted by Gasteiger charge is 2.26. The fourth-order valence-corrected chi connectivity index (χ4v) is 5.68. The smallest absolute Gasteiger partial charge is 0.270 e. The molecular weight excluding hydrogens is 494 g/mol. The summed E-state index contributed by atoms with van der Waals surface area (Å²) in [7, 11) is 0. The molecule has 0 spiro atoms. The lowest BCUT2D eigenvalue weighted by molar-refractivity contribution is 0.0619. The van der Waals surface area contributed by atoms with E-state index in [1.807, 2.05) is 82.5 Å². The number of thiophene rings is 1. The van der Waals surface area contributed by atoms with Gasteiger partial charge in [0.15, 0.2) is 5.76 Å². The van der Waals surface area contributed by atoms with Gasteiger partial charge < -0.3 is 14.0 Å². The highest BCUT2D eigenvalue weighted by Crippen LogP contribution is 2.32. The van der Waals surface area contributed by atoms with Crippen molar-refractivity contribution >= 4 is 39.7 Å². The number of hydrogen-bond acceptors (Lipinski definition) is 6. The number of aromatic nitrogens is 3. The van der Waals surface area contributed by atoms with Gasteiger partial charge in [0.25, 0.3) is 5.91 Å². The van der Waals surface area contributed by atoms with E-state index < -0.39 is 0 Å². The average Bonchev–Trinajstić information content (AvgIpc) is 3.64. The first-order valence-electron chi connectivity index (χ1n) is 11.8. The SMILES string of the molecule is O=C(c1cc2ccccc2n1Cc1cc(-c2ccc(Cl)s2)on1)N1CCN(Cc2ccncc2)CC1. The molecule has 1 fully saturated rings. The van der Waals surface area contributed by atoms with E-state index in [1.165, 1.54) is 16.9 Å². The van der Waals surface area contributed by atoms with Crippen molar-refractivity contribution < 1.29 is 9.32 Å². The van der Waals surface area contributed by atoms with Gasteiger partial charge in [0.1, 0.15) is 11.4 Å². The van der Waals surface area contributed by atoms with Crippen LogP contribution in [0.5, 0.6) is 0 Å². The molecule has 0 bridgehead atoms. The number of carbonyl (C=O) groups excluding carboxylic acids is 1. The number of rotatable bonds is 6. The van der Waals surface area contributed by atoms with E-state index in [-0.39, 0.29) is 5.91 Å². The molecule has 5 aromatic rings. The minimum Gasteiger partial charge on any atom is -0.355 e. The van der Waals surface area contributed by atoms with Crippen molar-refractivity contribution in [3.05, 3.63) is 94.3 Å². The summed E-state index contributed by atoms with van der Waals surface area (Å²) in [5, 5.41) is 5.31. The zero-order valence-electron chi connectivity index (χ0n) is 19.5. The molecule has 5 heterocycles. The molecule has 1 aliphatic rings. The fourth-order valence-electron chi connectivity index (χ4n) is 4.69. The summed E-state index contributed by atoms with van der Waals surface area (Å²) in [6.45, 7) is 4.37. The zero-order chi connectivity index (χ0) is 24.5. The van der Waals surface area contributed by atoms with Crippen LogP contribution >= 0.6 is 22.9 Å². The maximum Gasteiger partial charge on any atom is 0.270 e. The zero-order valence-corrected chi connectivity index (χ0v) is 21.1. The summed E-state index contributed by atoms with van der Waals surface area (Å²) in [5.41, 5.74) is 3.66. The number of amides is 1. The van der Waals surface area contributed by atoms with Gasteiger partial charge in [-0.2, -0.15) is 0 Å². The van der Waals surface area contributed by atoms with Crippen molar-refractivity contribution in [2.75, 3.05) is 26.2 Å². The summed E-state index contributed by atoms with van der Waals surface area (Å²) >= 11 is 7.53. The van der Waals surface area contributed by atoms with Crippen molar-refractivity contribution in [3.63, 3.8) is 0 Å². The second-order valence-corrected chi connectivity index (χ2v) is 10.6. The van der Waals surface area contributed by atoms with Gasteiger partial charge in [0, 0.05) is 62.1 Å². The number of benzene rings is 1. The van der Waals surface area contributed by atoms with Crippen LogP contribution in [-0.4, -0.2) is 56.6 Å². The number of piperazine rings is 1. The summed E-state index contributed by atoms with van der Waals surface area (Å²) < 4.78 is 8.33. The first-order chi connectivity index (χ1) is 17.6. The van der Waals surface area contributed by atoms with Gasteiger partial charge in [0.05, 0.1) is 15.8 Å². The quantitative estimate of drug-likeness (QED) is 0.301. The molecule has 0 atom stereocenters. The predicted molar refractivity (Wildman–Crippen MR) is 141 cm³/mol. The first-order valence-corrected chi connectivity index (χ1v) is 13.0. The summed E-state index contributed by atoms with van der Waals surface area (Å²) in [4.78, 5) is 23.0. The largest absolute Gasteiger partial charge is 0.355 e. The predicted octanol–water partition coefficient (Wildman–Crippen LogP) is 5.41. The van der Waals surface area contributed by atoms with Crippen LogP contribution in [0.3, 0.4) is 0 Å². The highest BCUT2D eigenvalue weighted by atomic mass is 35.5. The van der Waals surface area contributed by atoms with Crippen molar-refractivity contribution in [1.29, 1.82) is 0 Å². The molecule has 0 aliphatic carbocycles. The number of halogens is 1. The second kappa shape index (κ2) is 9.89. The molecule has 0 N–H and O–H groups in total. The molecular formula is C27H24ClN5O2S. The molecule has 4 aromatic heterocycles. The molecule has 1 aliphatic heterocycles. The summed E-state index contributed by atoms with van der Waals surface area (Å²) in [6.07, 6.45) is 3.64. The Balaban J connectivity index is 1.22. The minimum atomic E-state index is 0.0449. The number of para-hydroxylation sites is 1. The molecule has 36 heavy (non-hydrogen) atoms. The standard InChI is InChI=1S/C27H24ClN5O2S/c28-26-6-5-25(36-26)24-16-21(30-35-24)18-33-22-4-2-1-3-20(22)15-23(33)27(34)32-13-11-31(12-14-32)17-19-7-9-29-10-8-19/h1-10,15-16H,11-14,17-18H2. The lowest BCUT2D eigenvalue weighted by atomic mass is 10.2. The number of pyridine rings is 1. The Labute approximate surface area is 217 Å². The third kappa shape index (κ3) is 4.67. The van der Waals surface area contributed by atoms with Gasteiger partial charge in [-0.3, -0.25) is 14.7 Å². The van der Waals surface area contributed by atoms with E-state index in [0.717, 1.165) is 41.1 Å². The Bertz CT molecular complexity index is 1500. The highest BCUT2D eigenvalue weighted by molar-refractivity contribution is 7.19. The minimum absolute atomic E-state index is 0.0449. The second-order valence-electron chi connectivity index (χ2n) is 8.88. The molecule has 6 rings (SSSR count). The Morgan fingerprint density at radius 3 is 2.56 bits per heavy atom. The van der Waals surface area contributed by atoms with Crippen molar-refractivity contribution in [2.24, 2.45) is 0 Å². The van der Waals surface area contributed by atoms with Gasteiger partial charge in [-0.1, -0.05) is 35.0 Å². The molecule has 0 radical (unpaired) electrons. The molecule has 0 unspecified atom stereocenters. The van der Waals surface area contributed by atoms with E-state index in [9.17, 15) is 4.79 Å². The lowest BCUT2D eigenvalue weighted by Gasteiger charge is -2.34. The van der Waals surface area contributed by atoms with Crippen molar-refractivity contribution in [3.8, 4) is 10.6 Å². The Kier molecular flexibility index (Phi) is 6.31. The molecule has 9 heteroatoms. The Morgan fingerprint density at radius 1 is 0.972 bits per heavy atom. The third-order valence-electron chi connectivity index (χ3n) is 6.54. The van der Waals surface area contributed by atoms with E-state index in [2.05, 4.69) is 15.0 Å². The van der Waals surface area contributed by atoms with E-state index in [4.69, 9.17) is 16.1 Å². The molecule has 0 saturated carbocycles. The fraction of sp³-hybridized carbons (Fsp3) is 0.222. The van der Waals surface area contributed by atoms with E-state index in [0.29, 0.717) is 35.4 Å². The van der Waals surface area contributed by atoms with Crippen LogP contribution in [0.1, 0.15) is 21.7 Å². The normalized spacial score (nSPS) is 14.5. The molecule has 1 amide bonds. The van der Waals surface area contributed by atoms with E-state index >= 15 is 0 Å². The number of hydrogen-bond donors (Lipinski definition) is 0. The molecule has 1 saturated heterocycles. The van der Waals surface area contributed by atoms with Gasteiger partial charge in [-0.25, -0.2) is 0 Å². The van der Waals surface area contributed by atoms with Gasteiger partial charge in [-0.05, 0) is 42.0 Å². The van der Waals surface area contributed by atoms with Crippen molar-refractivity contribution in [1.82, 2.24) is 24.5 Å². The van der Waals surface area contributed by atoms with Crippen LogP contribution in [0.25, 0.3) is 21.5 Å². The molecule has 182 valence electrons. The van der Waals surface area contributed by atoms with Gasteiger partial charge in [-0.15, -0.1) is 11.3 Å². The Morgan fingerprint density at radius 2 is 1.78 bits per heavy atom. The van der Waals surface area contributed by atoms with Crippen LogP contribution in [-0.2, 0) is 13.1 Å². The summed E-state index contributed by atoms with van der Waals surface area (Å²) in [5.74, 6) is 0.722. The van der Waals surface area contributed by atoms with E-state index in [1.54, 1.807) is 0 Å². The summed E-state index contributed by atoms with van der Waals surface area (Å²) in [6, 6.07) is 19.8. The van der Waals surface area contributed by atoms with Crippen LogP contribution in [0, 0.1) is 0 Å². The lowest BCUT2D eigenvalue weighted by Crippen LogP contribution is -2.48. The Hall–Kier alpha value is -3.46. The van der Waals surface area contributed by atoms with Crippen LogP contribution in [0.15, 0.2) is 77.6 Å². The maximum atomic E-state index is 13.7. The number of carbonyl (C=O) groups is 1. The first kappa shape index (κ1) is 23.0. The monoisotopic (exact) mass is 517 g/mol. The third-order valence-corrected chi connectivity index (χ3v) is 7.79. The van der Waals surface area contributed by atoms with Crippen LogP contribution in [0.4, 0.5) is 0 Å². The van der Waals surface area contributed by atoms with Crippen LogP contribution < -0.4 is 0 Å². The molecule has 1 aromatic carbocycles. The molecule has 7 nitrogen and oxygen atoms in total. The number of fused-ring (bicyclic) bond motifs is 1. The maximum absolute atomic E-state index is 13.7. The van der Waals surface area contributed by atoms with Gasteiger partial charge >= 0.3 is 0 Å². The van der Waals surface area contributed by atoms with Crippen LogP contribution in [0.2, 0.25) is 4.34 Å². The van der Waals surface area contributed by atoms with Gasteiger partial charge in [0.2, 0.25) is 0 Å².